The van der Waals surface area contributed by atoms with E-state index in [0.717, 1.165) is 33.4 Å². The minimum atomic E-state index is 0.640. The van der Waals surface area contributed by atoms with Crippen LogP contribution in [0.3, 0.4) is 0 Å². The maximum atomic E-state index is 5.05. The van der Waals surface area contributed by atoms with Crippen molar-refractivity contribution in [3.63, 3.8) is 0 Å². The molecule has 0 spiro atoms. The highest BCUT2D eigenvalue weighted by atomic mass is 32.1. The highest BCUT2D eigenvalue weighted by Crippen LogP contribution is 2.40. The lowest BCUT2D eigenvalue weighted by atomic mass is 9.97. The van der Waals surface area contributed by atoms with E-state index in [9.17, 15) is 0 Å². The SMILES string of the molecule is c1ccc(-c2ccc(-c3nc(-c4ccccc4)nc(-c4cccc(-c5cccc(-c6ccc7sc8c9ccccc9ccc8c7c6)c5)c4)n3)cc2)cc1. The van der Waals surface area contributed by atoms with Crippen LogP contribution in [0.5, 0.6) is 0 Å². The number of thiophene rings is 1. The summed E-state index contributed by atoms with van der Waals surface area (Å²) < 4.78 is 2.66. The van der Waals surface area contributed by atoms with Gasteiger partial charge in [0.25, 0.3) is 0 Å². The average molecular weight is 694 g/mol. The lowest BCUT2D eigenvalue weighted by molar-refractivity contribution is 1.07. The van der Waals surface area contributed by atoms with Gasteiger partial charge in [0.2, 0.25) is 0 Å². The molecule has 0 unspecified atom stereocenters. The molecule has 0 aliphatic carbocycles. The monoisotopic (exact) mass is 693 g/mol. The molecule has 0 fully saturated rings. The second-order valence-corrected chi connectivity index (χ2v) is 14.3. The molecule has 0 saturated heterocycles. The van der Waals surface area contributed by atoms with E-state index in [0.29, 0.717) is 17.5 Å². The lowest BCUT2D eigenvalue weighted by Crippen LogP contribution is -2.00. The van der Waals surface area contributed by atoms with Crippen molar-refractivity contribution in [3.05, 3.63) is 188 Å². The van der Waals surface area contributed by atoms with Gasteiger partial charge in [-0.15, -0.1) is 11.3 Å². The minimum absolute atomic E-state index is 0.640. The van der Waals surface area contributed by atoms with Gasteiger partial charge in [0.15, 0.2) is 17.5 Å². The molecule has 10 rings (SSSR count). The van der Waals surface area contributed by atoms with Gasteiger partial charge >= 0.3 is 0 Å². The van der Waals surface area contributed by atoms with Gasteiger partial charge < -0.3 is 0 Å². The Morgan fingerprint density at radius 2 is 0.755 bits per heavy atom. The average Bonchev–Trinajstić information content (AvgIpc) is 3.63. The molecule has 4 heteroatoms. The molecule has 0 aliphatic heterocycles. The maximum Gasteiger partial charge on any atom is 0.164 e. The Morgan fingerprint density at radius 1 is 0.283 bits per heavy atom. The Bertz CT molecular complexity index is 2930. The summed E-state index contributed by atoms with van der Waals surface area (Å²) >= 11 is 1.88. The fourth-order valence-corrected chi connectivity index (χ4v) is 8.41. The fourth-order valence-electron chi connectivity index (χ4n) is 7.19. The molecule has 2 aromatic heterocycles. The molecule has 0 saturated carbocycles. The minimum Gasteiger partial charge on any atom is -0.208 e. The van der Waals surface area contributed by atoms with Crippen molar-refractivity contribution < 1.29 is 0 Å². The molecule has 0 bridgehead atoms. The maximum absolute atomic E-state index is 5.05. The van der Waals surface area contributed by atoms with Crippen LogP contribution >= 0.6 is 11.3 Å². The quantitative estimate of drug-likeness (QED) is 0.174. The molecule has 0 aliphatic rings. The van der Waals surface area contributed by atoms with Crippen molar-refractivity contribution in [2.24, 2.45) is 0 Å². The van der Waals surface area contributed by atoms with E-state index in [1.165, 1.54) is 47.6 Å². The van der Waals surface area contributed by atoms with Gasteiger partial charge in [-0.2, -0.15) is 0 Å². The summed E-state index contributed by atoms with van der Waals surface area (Å²) in [6, 6.07) is 66.3. The van der Waals surface area contributed by atoms with Crippen LogP contribution in [0, 0.1) is 0 Å². The van der Waals surface area contributed by atoms with Gasteiger partial charge in [-0.05, 0) is 68.4 Å². The largest absolute Gasteiger partial charge is 0.208 e. The molecule has 0 amide bonds. The van der Waals surface area contributed by atoms with E-state index < -0.39 is 0 Å². The van der Waals surface area contributed by atoms with Gasteiger partial charge in [-0.1, -0.05) is 164 Å². The smallest absolute Gasteiger partial charge is 0.164 e. The third-order valence-electron chi connectivity index (χ3n) is 9.93. The topological polar surface area (TPSA) is 38.7 Å². The molecule has 53 heavy (non-hydrogen) atoms. The third-order valence-corrected chi connectivity index (χ3v) is 11.1. The van der Waals surface area contributed by atoms with Crippen molar-refractivity contribution in [2.45, 2.75) is 0 Å². The van der Waals surface area contributed by atoms with E-state index in [1.807, 2.05) is 47.7 Å². The molecule has 10 aromatic rings. The second kappa shape index (κ2) is 13.1. The van der Waals surface area contributed by atoms with Gasteiger partial charge in [0.1, 0.15) is 0 Å². The highest BCUT2D eigenvalue weighted by Gasteiger charge is 2.14. The Morgan fingerprint density at radius 3 is 1.45 bits per heavy atom. The zero-order valence-corrected chi connectivity index (χ0v) is 29.5. The Kier molecular flexibility index (Phi) is 7.67. The number of nitrogens with zero attached hydrogens (tertiary/aromatic N) is 3. The molecule has 3 nitrogen and oxygen atoms in total. The van der Waals surface area contributed by atoms with Crippen LogP contribution in [0.2, 0.25) is 0 Å². The van der Waals surface area contributed by atoms with Gasteiger partial charge in [0, 0.05) is 36.9 Å². The van der Waals surface area contributed by atoms with Crippen LogP contribution in [-0.2, 0) is 0 Å². The number of benzene rings is 8. The van der Waals surface area contributed by atoms with E-state index in [4.69, 9.17) is 15.0 Å². The predicted molar refractivity (Wildman–Crippen MR) is 223 cm³/mol. The molecule has 0 N–H and O–H groups in total. The molecule has 0 radical (unpaired) electrons. The first-order valence-corrected chi connectivity index (χ1v) is 18.6. The third kappa shape index (κ3) is 5.85. The number of fused-ring (bicyclic) bond motifs is 5. The van der Waals surface area contributed by atoms with Crippen LogP contribution in [0.25, 0.3) is 98.5 Å². The van der Waals surface area contributed by atoms with Crippen LogP contribution < -0.4 is 0 Å². The summed E-state index contributed by atoms with van der Waals surface area (Å²) in [5.41, 5.74) is 9.79. The summed E-state index contributed by atoms with van der Waals surface area (Å²) in [6.45, 7) is 0. The Labute approximate surface area is 311 Å². The van der Waals surface area contributed by atoms with Gasteiger partial charge in [-0.3, -0.25) is 0 Å². The summed E-state index contributed by atoms with van der Waals surface area (Å²) in [4.78, 5) is 15.0. The van der Waals surface area contributed by atoms with Crippen molar-refractivity contribution >= 4 is 42.3 Å². The first kappa shape index (κ1) is 31.0. The van der Waals surface area contributed by atoms with Crippen LogP contribution in [0.15, 0.2) is 188 Å². The van der Waals surface area contributed by atoms with E-state index in [2.05, 4.69) is 152 Å². The van der Waals surface area contributed by atoms with Crippen molar-refractivity contribution in [1.29, 1.82) is 0 Å². The molecule has 0 atom stereocenters. The Hall–Kier alpha value is -6.75. The molecule has 248 valence electrons. The van der Waals surface area contributed by atoms with Crippen molar-refractivity contribution in [2.75, 3.05) is 0 Å². The second-order valence-electron chi connectivity index (χ2n) is 13.3. The van der Waals surface area contributed by atoms with Crippen molar-refractivity contribution in [1.82, 2.24) is 15.0 Å². The Balaban J connectivity index is 1.02. The molecular formula is C49H31N3S. The standard InChI is InChI=1S/C49H31N3S/c1-3-11-32(12-4-1)33-21-23-36(24-22-33)48-50-47(35-14-5-2-6-15-35)51-49(52-48)41-19-10-18-39(30-41)37-16-9-17-38(29-37)40-26-28-45-44(31-40)43-27-25-34-13-7-8-20-42(34)46(43)53-45/h1-31H. The number of hydrogen-bond donors (Lipinski definition) is 0. The number of rotatable bonds is 6. The molecule has 2 heterocycles. The van der Waals surface area contributed by atoms with Crippen LogP contribution in [-0.4, -0.2) is 15.0 Å². The molecular weight excluding hydrogens is 663 g/mol. The summed E-state index contributed by atoms with van der Waals surface area (Å²) in [7, 11) is 0. The molecule has 8 aromatic carbocycles. The summed E-state index contributed by atoms with van der Waals surface area (Å²) in [5, 5.41) is 5.21. The first-order chi connectivity index (χ1) is 26.2. The first-order valence-electron chi connectivity index (χ1n) is 17.8. The normalized spacial score (nSPS) is 11.4. The highest BCUT2D eigenvalue weighted by molar-refractivity contribution is 7.26. The summed E-state index contributed by atoms with van der Waals surface area (Å²) in [6.07, 6.45) is 0. The van der Waals surface area contributed by atoms with Crippen molar-refractivity contribution in [3.8, 4) is 67.5 Å². The lowest BCUT2D eigenvalue weighted by Gasteiger charge is -2.11. The van der Waals surface area contributed by atoms with E-state index >= 15 is 0 Å². The number of hydrogen-bond acceptors (Lipinski definition) is 4. The summed E-state index contributed by atoms with van der Waals surface area (Å²) in [5.74, 6) is 1.93. The fraction of sp³-hybridized carbons (Fsp3) is 0. The van der Waals surface area contributed by atoms with Gasteiger partial charge in [-0.25, -0.2) is 15.0 Å². The van der Waals surface area contributed by atoms with E-state index in [1.54, 1.807) is 0 Å². The van der Waals surface area contributed by atoms with Crippen LogP contribution in [0.4, 0.5) is 0 Å². The van der Waals surface area contributed by atoms with Crippen LogP contribution in [0.1, 0.15) is 0 Å². The zero-order chi connectivity index (χ0) is 35.1. The predicted octanol–water partition coefficient (Wildman–Crippen LogP) is 13.4. The van der Waals surface area contributed by atoms with E-state index in [-0.39, 0.29) is 0 Å². The number of aromatic nitrogens is 3. The van der Waals surface area contributed by atoms with Gasteiger partial charge in [0.05, 0.1) is 0 Å². The zero-order valence-electron chi connectivity index (χ0n) is 28.6.